The van der Waals surface area contributed by atoms with Crippen molar-refractivity contribution in [1.82, 2.24) is 0 Å². The molecule has 4 heteroatoms. The minimum atomic E-state index is -0.460. The summed E-state index contributed by atoms with van der Waals surface area (Å²) >= 11 is 0. The summed E-state index contributed by atoms with van der Waals surface area (Å²) in [6.45, 7) is 5.09. The molecule has 0 aliphatic heterocycles. The largest absolute Gasteiger partial charge is 0.377 e. The fraction of sp³-hybridized carbons (Fsp3) is 0.562. The molecule has 0 aromatic heterocycles. The van der Waals surface area contributed by atoms with Crippen LogP contribution in [0.4, 0.5) is 5.69 Å². The zero-order valence-electron chi connectivity index (χ0n) is 12.3. The average molecular weight is 276 g/mol. The van der Waals surface area contributed by atoms with E-state index in [4.69, 9.17) is 10.5 Å². The van der Waals surface area contributed by atoms with Gasteiger partial charge in [-0.05, 0) is 32.8 Å². The van der Waals surface area contributed by atoms with E-state index < -0.39 is 5.41 Å². The predicted octanol–water partition coefficient (Wildman–Crippen LogP) is 2.68. The van der Waals surface area contributed by atoms with Crippen LogP contribution in [0, 0.1) is 5.41 Å². The molecule has 0 heterocycles. The third-order valence-electron chi connectivity index (χ3n) is 4.28. The molecule has 2 atom stereocenters. The molecule has 0 bridgehead atoms. The lowest BCUT2D eigenvalue weighted by Gasteiger charge is -2.28. The normalized spacial score (nSPS) is 25.6. The molecule has 1 aromatic rings. The highest BCUT2D eigenvalue weighted by molar-refractivity contribution is 5.96. The van der Waals surface area contributed by atoms with Crippen molar-refractivity contribution in [2.45, 2.75) is 45.8 Å². The van der Waals surface area contributed by atoms with Crippen molar-refractivity contribution in [2.75, 3.05) is 11.9 Å². The summed E-state index contributed by atoms with van der Waals surface area (Å²) in [4.78, 5) is 12.5. The molecule has 0 radical (unpaired) electrons. The molecular weight excluding hydrogens is 252 g/mol. The number of ether oxygens (including phenoxy) is 1. The maximum Gasteiger partial charge on any atom is 0.231 e. The molecule has 110 valence electrons. The summed E-state index contributed by atoms with van der Waals surface area (Å²) in [5, 5.41) is 3.03. The van der Waals surface area contributed by atoms with Crippen molar-refractivity contribution in [1.29, 1.82) is 0 Å². The number of nitrogens with two attached hydrogens (primary N) is 1. The first-order valence-electron chi connectivity index (χ1n) is 7.30. The number of amides is 1. The number of hydrogen-bond acceptors (Lipinski definition) is 3. The Morgan fingerprint density at radius 2 is 2.25 bits per heavy atom. The second kappa shape index (κ2) is 6.37. The van der Waals surface area contributed by atoms with Crippen LogP contribution in [0.5, 0.6) is 0 Å². The molecule has 1 aromatic carbocycles. The van der Waals surface area contributed by atoms with Crippen molar-refractivity contribution in [3.05, 3.63) is 29.8 Å². The smallest absolute Gasteiger partial charge is 0.231 e. The van der Waals surface area contributed by atoms with E-state index in [1.165, 1.54) is 0 Å². The number of benzene rings is 1. The number of para-hydroxylation sites is 1. The Hall–Kier alpha value is -1.39. The lowest BCUT2D eigenvalue weighted by molar-refractivity contribution is -0.125. The van der Waals surface area contributed by atoms with Crippen LogP contribution in [0.3, 0.4) is 0 Å². The van der Waals surface area contributed by atoms with Gasteiger partial charge in [0.05, 0.1) is 12.0 Å². The molecule has 1 saturated carbocycles. The Bertz CT molecular complexity index is 475. The standard InChI is InChI=1S/C16H24N2O2/c1-3-20-11-12-7-4-5-8-13(12)18-15(19)16(2)10-6-9-14(16)17/h4-5,7-8,14H,3,6,9-11,17H2,1-2H3,(H,18,19). The highest BCUT2D eigenvalue weighted by Gasteiger charge is 2.43. The molecule has 1 fully saturated rings. The van der Waals surface area contributed by atoms with E-state index in [0.717, 1.165) is 30.5 Å². The van der Waals surface area contributed by atoms with Gasteiger partial charge in [0.2, 0.25) is 5.91 Å². The van der Waals surface area contributed by atoms with Gasteiger partial charge in [0.1, 0.15) is 0 Å². The van der Waals surface area contributed by atoms with Crippen molar-refractivity contribution < 1.29 is 9.53 Å². The second-order valence-electron chi connectivity index (χ2n) is 5.66. The summed E-state index contributed by atoms with van der Waals surface area (Å²) < 4.78 is 5.44. The molecule has 4 nitrogen and oxygen atoms in total. The molecule has 0 saturated heterocycles. The maximum atomic E-state index is 12.5. The summed E-state index contributed by atoms with van der Waals surface area (Å²) in [5.74, 6) is 0.0199. The zero-order valence-corrected chi connectivity index (χ0v) is 12.3. The Labute approximate surface area is 120 Å². The quantitative estimate of drug-likeness (QED) is 0.869. The fourth-order valence-electron chi connectivity index (χ4n) is 2.72. The van der Waals surface area contributed by atoms with Crippen LogP contribution in [0.1, 0.15) is 38.7 Å². The molecule has 2 unspecified atom stereocenters. The van der Waals surface area contributed by atoms with E-state index in [9.17, 15) is 4.79 Å². The van der Waals surface area contributed by atoms with E-state index in [1.54, 1.807) is 0 Å². The van der Waals surface area contributed by atoms with Crippen LogP contribution in [0.15, 0.2) is 24.3 Å². The Morgan fingerprint density at radius 3 is 2.90 bits per heavy atom. The monoisotopic (exact) mass is 276 g/mol. The number of hydrogen-bond donors (Lipinski definition) is 2. The molecule has 2 rings (SSSR count). The Balaban J connectivity index is 2.11. The number of carbonyl (C=O) groups is 1. The summed E-state index contributed by atoms with van der Waals surface area (Å²) in [7, 11) is 0. The first kappa shape index (κ1) is 15.0. The molecule has 1 aliphatic rings. The van der Waals surface area contributed by atoms with Crippen LogP contribution in [-0.2, 0) is 16.1 Å². The predicted molar refractivity (Wildman–Crippen MR) is 80.3 cm³/mol. The van der Waals surface area contributed by atoms with Gasteiger partial charge in [-0.1, -0.05) is 24.6 Å². The molecular formula is C16H24N2O2. The van der Waals surface area contributed by atoms with Crippen LogP contribution in [0.25, 0.3) is 0 Å². The van der Waals surface area contributed by atoms with Crippen molar-refractivity contribution in [2.24, 2.45) is 11.1 Å². The summed E-state index contributed by atoms with van der Waals surface area (Å²) in [5.41, 5.74) is 7.46. The van der Waals surface area contributed by atoms with Crippen LogP contribution >= 0.6 is 0 Å². The van der Waals surface area contributed by atoms with Gasteiger partial charge in [-0.3, -0.25) is 4.79 Å². The lowest BCUT2D eigenvalue weighted by atomic mass is 9.84. The SMILES string of the molecule is CCOCc1ccccc1NC(=O)C1(C)CCCC1N. The van der Waals surface area contributed by atoms with Gasteiger partial charge in [0.25, 0.3) is 0 Å². The van der Waals surface area contributed by atoms with Gasteiger partial charge in [-0.15, -0.1) is 0 Å². The van der Waals surface area contributed by atoms with Crippen LogP contribution < -0.4 is 11.1 Å². The molecule has 1 aliphatic carbocycles. The van der Waals surface area contributed by atoms with E-state index >= 15 is 0 Å². The minimum Gasteiger partial charge on any atom is -0.377 e. The Kier molecular flexibility index (Phi) is 4.78. The van der Waals surface area contributed by atoms with Gasteiger partial charge in [-0.25, -0.2) is 0 Å². The molecule has 0 spiro atoms. The van der Waals surface area contributed by atoms with Crippen molar-refractivity contribution in [3.8, 4) is 0 Å². The van der Waals surface area contributed by atoms with Gasteiger partial charge in [0, 0.05) is 23.9 Å². The van der Waals surface area contributed by atoms with E-state index in [-0.39, 0.29) is 11.9 Å². The van der Waals surface area contributed by atoms with Crippen molar-refractivity contribution in [3.63, 3.8) is 0 Å². The van der Waals surface area contributed by atoms with Gasteiger partial charge in [0.15, 0.2) is 0 Å². The van der Waals surface area contributed by atoms with E-state index in [1.807, 2.05) is 38.1 Å². The third-order valence-corrected chi connectivity index (χ3v) is 4.28. The second-order valence-corrected chi connectivity index (χ2v) is 5.66. The number of carbonyl (C=O) groups excluding carboxylic acids is 1. The van der Waals surface area contributed by atoms with Gasteiger partial charge < -0.3 is 15.8 Å². The highest BCUT2D eigenvalue weighted by atomic mass is 16.5. The summed E-state index contributed by atoms with van der Waals surface area (Å²) in [6.07, 6.45) is 2.80. The van der Waals surface area contributed by atoms with Crippen LogP contribution in [0.2, 0.25) is 0 Å². The first-order chi connectivity index (χ1) is 9.58. The van der Waals surface area contributed by atoms with Gasteiger partial charge >= 0.3 is 0 Å². The summed E-state index contributed by atoms with van der Waals surface area (Å²) in [6, 6.07) is 7.70. The van der Waals surface area contributed by atoms with E-state index in [2.05, 4.69) is 5.32 Å². The van der Waals surface area contributed by atoms with E-state index in [0.29, 0.717) is 13.2 Å². The topological polar surface area (TPSA) is 64.3 Å². The third kappa shape index (κ3) is 3.02. The maximum absolute atomic E-state index is 12.5. The molecule has 20 heavy (non-hydrogen) atoms. The molecule has 1 amide bonds. The zero-order chi connectivity index (χ0) is 14.6. The minimum absolute atomic E-state index is 0.0199. The number of nitrogens with one attached hydrogen (secondary N) is 1. The highest BCUT2D eigenvalue weighted by Crippen LogP contribution is 2.37. The van der Waals surface area contributed by atoms with Crippen LogP contribution in [-0.4, -0.2) is 18.6 Å². The number of anilines is 1. The first-order valence-corrected chi connectivity index (χ1v) is 7.30. The molecule has 3 N–H and O–H groups in total. The lowest BCUT2D eigenvalue weighted by Crippen LogP contribution is -2.44. The average Bonchev–Trinajstić information content (AvgIpc) is 2.79. The van der Waals surface area contributed by atoms with Gasteiger partial charge in [-0.2, -0.15) is 0 Å². The fourth-order valence-corrected chi connectivity index (χ4v) is 2.72. The Morgan fingerprint density at radius 1 is 1.50 bits per heavy atom. The van der Waals surface area contributed by atoms with Crippen molar-refractivity contribution >= 4 is 11.6 Å². The number of rotatable bonds is 5.